The molecule has 0 radical (unpaired) electrons. The standard InChI is InChI=1S/C31H44N2O4/c1-2-3-4-5-6-7-8-9-10-17-24-32-31(36)28(33-30(35)27-20-15-12-16-21-27)22-23-29(34)37-25-26-18-13-11-14-19-26/h11-16,18-21,28H,2-10,17,22-25H2,1H3,(H,32,36)(H,33,35)/t28-/m1/s1. The molecule has 0 saturated carbocycles. The molecule has 2 rings (SSSR count). The second-order valence-electron chi connectivity index (χ2n) is 9.55. The average Bonchev–Trinajstić information content (AvgIpc) is 2.93. The molecule has 0 spiro atoms. The average molecular weight is 509 g/mol. The van der Waals surface area contributed by atoms with Crippen LogP contribution in [0, 0.1) is 0 Å². The Balaban J connectivity index is 1.74. The zero-order valence-corrected chi connectivity index (χ0v) is 22.4. The maximum Gasteiger partial charge on any atom is 0.306 e. The summed E-state index contributed by atoms with van der Waals surface area (Å²) in [4.78, 5) is 37.8. The predicted molar refractivity (Wildman–Crippen MR) is 148 cm³/mol. The lowest BCUT2D eigenvalue weighted by Crippen LogP contribution is -2.47. The largest absolute Gasteiger partial charge is 0.461 e. The Hall–Kier alpha value is -3.15. The minimum Gasteiger partial charge on any atom is -0.461 e. The van der Waals surface area contributed by atoms with E-state index in [0.29, 0.717) is 12.1 Å². The maximum atomic E-state index is 12.9. The molecule has 2 amide bonds. The summed E-state index contributed by atoms with van der Waals surface area (Å²) in [5, 5.41) is 5.73. The van der Waals surface area contributed by atoms with Gasteiger partial charge in [0.1, 0.15) is 12.6 Å². The number of carbonyl (C=O) groups excluding carboxylic acids is 3. The first-order chi connectivity index (χ1) is 18.1. The smallest absolute Gasteiger partial charge is 0.306 e. The summed E-state index contributed by atoms with van der Waals surface area (Å²) < 4.78 is 5.34. The molecule has 0 bridgehead atoms. The van der Waals surface area contributed by atoms with Crippen LogP contribution in [0.4, 0.5) is 0 Å². The van der Waals surface area contributed by atoms with Crippen LogP contribution in [0.25, 0.3) is 0 Å². The van der Waals surface area contributed by atoms with E-state index in [0.717, 1.165) is 18.4 Å². The summed E-state index contributed by atoms with van der Waals surface area (Å²) in [6, 6.07) is 17.4. The molecule has 6 heteroatoms. The third kappa shape index (κ3) is 13.7. The van der Waals surface area contributed by atoms with Gasteiger partial charge >= 0.3 is 5.97 Å². The van der Waals surface area contributed by atoms with Crippen LogP contribution in [0.5, 0.6) is 0 Å². The van der Waals surface area contributed by atoms with Gasteiger partial charge in [-0.3, -0.25) is 14.4 Å². The Bertz CT molecular complexity index is 902. The van der Waals surface area contributed by atoms with E-state index >= 15 is 0 Å². The summed E-state index contributed by atoms with van der Waals surface area (Å²) in [6.07, 6.45) is 12.5. The van der Waals surface area contributed by atoms with Crippen LogP contribution in [0.3, 0.4) is 0 Å². The van der Waals surface area contributed by atoms with Crippen LogP contribution in [-0.2, 0) is 20.9 Å². The first-order valence-electron chi connectivity index (χ1n) is 13.9. The number of carbonyl (C=O) groups is 3. The van der Waals surface area contributed by atoms with E-state index in [2.05, 4.69) is 17.6 Å². The molecule has 6 nitrogen and oxygen atoms in total. The van der Waals surface area contributed by atoms with Crippen LogP contribution >= 0.6 is 0 Å². The molecule has 2 aromatic carbocycles. The quantitative estimate of drug-likeness (QED) is 0.171. The first kappa shape index (κ1) is 30.1. The second kappa shape index (κ2) is 19.0. The fraction of sp³-hybridized carbons (Fsp3) is 0.516. The molecule has 0 unspecified atom stereocenters. The Morgan fingerprint density at radius 1 is 0.757 bits per heavy atom. The molecule has 0 saturated heterocycles. The van der Waals surface area contributed by atoms with Gasteiger partial charge in [0.05, 0.1) is 0 Å². The van der Waals surface area contributed by atoms with E-state index in [1.807, 2.05) is 36.4 Å². The number of unbranched alkanes of at least 4 members (excludes halogenated alkanes) is 9. The van der Waals surface area contributed by atoms with Crippen LogP contribution in [0.15, 0.2) is 60.7 Å². The lowest BCUT2D eigenvalue weighted by molar-refractivity contribution is -0.145. The number of amides is 2. The lowest BCUT2D eigenvalue weighted by atomic mass is 10.1. The van der Waals surface area contributed by atoms with Crippen molar-refractivity contribution in [2.45, 2.75) is 96.6 Å². The molecule has 202 valence electrons. The molecule has 0 aliphatic carbocycles. The highest BCUT2D eigenvalue weighted by Crippen LogP contribution is 2.11. The minimum atomic E-state index is -0.805. The van der Waals surface area contributed by atoms with Crippen molar-refractivity contribution in [3.8, 4) is 0 Å². The van der Waals surface area contributed by atoms with Crippen molar-refractivity contribution in [1.82, 2.24) is 10.6 Å². The monoisotopic (exact) mass is 508 g/mol. The SMILES string of the molecule is CCCCCCCCCCCCNC(=O)[C@@H](CCC(=O)OCc1ccccc1)NC(=O)c1ccccc1. The van der Waals surface area contributed by atoms with Crippen molar-refractivity contribution in [3.05, 3.63) is 71.8 Å². The van der Waals surface area contributed by atoms with Gasteiger partial charge in [-0.2, -0.15) is 0 Å². The Kier molecular flexibility index (Phi) is 15.5. The van der Waals surface area contributed by atoms with Crippen LogP contribution in [0.2, 0.25) is 0 Å². The third-order valence-corrected chi connectivity index (χ3v) is 6.37. The number of esters is 1. The van der Waals surface area contributed by atoms with Gasteiger partial charge in [-0.1, -0.05) is 113 Å². The van der Waals surface area contributed by atoms with E-state index in [1.165, 1.54) is 51.4 Å². The number of hydrogen-bond acceptors (Lipinski definition) is 4. The number of benzene rings is 2. The molecule has 0 aliphatic rings. The highest BCUT2D eigenvalue weighted by Gasteiger charge is 2.22. The van der Waals surface area contributed by atoms with Gasteiger partial charge in [0.15, 0.2) is 0 Å². The number of ether oxygens (including phenoxy) is 1. The van der Waals surface area contributed by atoms with Crippen LogP contribution in [0.1, 0.15) is 99.9 Å². The number of nitrogens with one attached hydrogen (secondary N) is 2. The molecule has 2 N–H and O–H groups in total. The van der Waals surface area contributed by atoms with Crippen molar-refractivity contribution in [2.24, 2.45) is 0 Å². The molecule has 0 fully saturated rings. The molecule has 2 aromatic rings. The summed E-state index contributed by atoms with van der Waals surface area (Å²) in [5.74, 6) is -1.00. The molecule has 1 atom stereocenters. The van der Waals surface area contributed by atoms with Crippen molar-refractivity contribution >= 4 is 17.8 Å². The van der Waals surface area contributed by atoms with Crippen molar-refractivity contribution in [3.63, 3.8) is 0 Å². The predicted octanol–water partition coefficient (Wildman–Crippen LogP) is 6.35. The Morgan fingerprint density at radius 2 is 1.32 bits per heavy atom. The third-order valence-electron chi connectivity index (χ3n) is 6.37. The van der Waals surface area contributed by atoms with Gasteiger partial charge in [0, 0.05) is 18.5 Å². The van der Waals surface area contributed by atoms with Gasteiger partial charge in [-0.25, -0.2) is 0 Å². The summed E-state index contributed by atoms with van der Waals surface area (Å²) in [7, 11) is 0. The van der Waals surface area contributed by atoms with E-state index in [-0.39, 0.29) is 31.3 Å². The normalized spacial score (nSPS) is 11.5. The summed E-state index contributed by atoms with van der Waals surface area (Å²) in [5.41, 5.74) is 1.38. The Morgan fingerprint density at radius 3 is 1.95 bits per heavy atom. The van der Waals surface area contributed by atoms with Gasteiger partial charge in [0.2, 0.25) is 5.91 Å². The van der Waals surface area contributed by atoms with Crippen LogP contribution in [-0.4, -0.2) is 30.4 Å². The fourth-order valence-electron chi connectivity index (χ4n) is 4.12. The first-order valence-corrected chi connectivity index (χ1v) is 13.9. The van der Waals surface area contributed by atoms with E-state index < -0.39 is 12.0 Å². The molecule has 0 heterocycles. The zero-order chi connectivity index (χ0) is 26.6. The molecule has 0 aromatic heterocycles. The lowest BCUT2D eigenvalue weighted by Gasteiger charge is -2.18. The highest BCUT2D eigenvalue weighted by molar-refractivity contribution is 5.97. The van der Waals surface area contributed by atoms with Crippen molar-refractivity contribution in [2.75, 3.05) is 6.54 Å². The van der Waals surface area contributed by atoms with E-state index in [9.17, 15) is 14.4 Å². The van der Waals surface area contributed by atoms with Crippen molar-refractivity contribution < 1.29 is 19.1 Å². The minimum absolute atomic E-state index is 0.0399. The fourth-order valence-corrected chi connectivity index (χ4v) is 4.12. The molecular formula is C31H44N2O4. The number of hydrogen-bond donors (Lipinski definition) is 2. The van der Waals surface area contributed by atoms with Gasteiger partial charge < -0.3 is 15.4 Å². The Labute approximate surface area is 222 Å². The molecule has 37 heavy (non-hydrogen) atoms. The highest BCUT2D eigenvalue weighted by atomic mass is 16.5. The second-order valence-corrected chi connectivity index (χ2v) is 9.55. The van der Waals surface area contributed by atoms with E-state index in [1.54, 1.807) is 24.3 Å². The summed E-state index contributed by atoms with van der Waals surface area (Å²) in [6.45, 7) is 2.98. The van der Waals surface area contributed by atoms with E-state index in [4.69, 9.17) is 4.74 Å². The van der Waals surface area contributed by atoms with Crippen LogP contribution < -0.4 is 10.6 Å². The van der Waals surface area contributed by atoms with Gasteiger partial charge in [-0.05, 0) is 30.5 Å². The summed E-state index contributed by atoms with van der Waals surface area (Å²) >= 11 is 0. The van der Waals surface area contributed by atoms with Gasteiger partial charge in [-0.15, -0.1) is 0 Å². The number of rotatable bonds is 19. The zero-order valence-electron chi connectivity index (χ0n) is 22.4. The topological polar surface area (TPSA) is 84.5 Å². The van der Waals surface area contributed by atoms with Crippen molar-refractivity contribution in [1.29, 1.82) is 0 Å². The molecule has 0 aliphatic heterocycles. The molecular weight excluding hydrogens is 464 g/mol. The van der Waals surface area contributed by atoms with Gasteiger partial charge in [0.25, 0.3) is 5.91 Å². The maximum absolute atomic E-state index is 12.9.